The molecule has 0 spiro atoms. The first kappa shape index (κ1) is 14.0. The summed E-state index contributed by atoms with van der Waals surface area (Å²) in [6.07, 6.45) is 0.630. The number of aromatic nitrogens is 1. The van der Waals surface area contributed by atoms with Crippen LogP contribution < -0.4 is 4.74 Å². The Morgan fingerprint density at radius 1 is 1.14 bits per heavy atom. The molecule has 1 N–H and O–H groups in total. The number of ether oxygens (including phenoxy) is 1. The molecule has 0 aliphatic heterocycles. The lowest BCUT2D eigenvalue weighted by Gasteiger charge is -2.05. The highest BCUT2D eigenvalue weighted by molar-refractivity contribution is 7.21. The third-order valence-electron chi connectivity index (χ3n) is 3.32. The van der Waals surface area contributed by atoms with Crippen molar-refractivity contribution in [1.29, 1.82) is 0 Å². The number of hydrogen-bond acceptors (Lipinski definition) is 4. The van der Waals surface area contributed by atoms with Crippen molar-refractivity contribution in [3.05, 3.63) is 48.0 Å². The van der Waals surface area contributed by atoms with Crippen LogP contribution in [-0.2, 0) is 0 Å². The number of nitrogens with zero attached hydrogens (tertiary/aromatic N) is 1. The fourth-order valence-corrected chi connectivity index (χ4v) is 3.29. The first-order valence-electron chi connectivity index (χ1n) is 6.99. The summed E-state index contributed by atoms with van der Waals surface area (Å²) in [7, 11) is 0. The van der Waals surface area contributed by atoms with Crippen LogP contribution in [0.15, 0.2) is 42.5 Å². The summed E-state index contributed by atoms with van der Waals surface area (Å²) in [5, 5.41) is 9.86. The maximum Gasteiger partial charge on any atom is 0.146 e. The van der Waals surface area contributed by atoms with E-state index in [0.29, 0.717) is 13.0 Å². The minimum absolute atomic E-state index is 0.140. The molecule has 0 aliphatic rings. The predicted octanol–water partition coefficient (Wildman–Crippen LogP) is 4.03. The van der Waals surface area contributed by atoms with E-state index in [0.717, 1.165) is 21.0 Å². The second-order valence-corrected chi connectivity index (χ2v) is 5.89. The maximum atomic E-state index is 8.85. The maximum absolute atomic E-state index is 8.85. The molecule has 0 saturated heterocycles. The Kier molecular flexibility index (Phi) is 4.18. The van der Waals surface area contributed by atoms with Gasteiger partial charge in [0, 0.05) is 18.6 Å². The monoisotopic (exact) mass is 299 g/mol. The predicted molar refractivity (Wildman–Crippen MR) is 87.0 cm³/mol. The lowest BCUT2D eigenvalue weighted by atomic mass is 10.1. The van der Waals surface area contributed by atoms with E-state index >= 15 is 0 Å². The average Bonchev–Trinajstić information content (AvgIpc) is 2.92. The molecule has 4 heteroatoms. The molecule has 108 valence electrons. The number of aliphatic hydroxyl groups excluding tert-OH is 1. The van der Waals surface area contributed by atoms with Gasteiger partial charge in [0.05, 0.1) is 11.3 Å². The van der Waals surface area contributed by atoms with Gasteiger partial charge in [0.15, 0.2) is 0 Å². The number of para-hydroxylation sites is 1. The first-order valence-corrected chi connectivity index (χ1v) is 7.80. The van der Waals surface area contributed by atoms with Crippen LogP contribution in [0.25, 0.3) is 20.8 Å². The number of benzene rings is 2. The molecule has 0 saturated carbocycles. The van der Waals surface area contributed by atoms with Gasteiger partial charge in [-0.3, -0.25) is 0 Å². The molecular weight excluding hydrogens is 282 g/mol. The number of hydrogen-bond donors (Lipinski definition) is 1. The molecule has 0 atom stereocenters. The van der Waals surface area contributed by atoms with E-state index in [-0.39, 0.29) is 6.61 Å². The minimum atomic E-state index is 0.140. The molecule has 1 aromatic heterocycles. The number of fused-ring (bicyclic) bond motifs is 1. The summed E-state index contributed by atoms with van der Waals surface area (Å²) in [4.78, 5) is 4.75. The summed E-state index contributed by atoms with van der Waals surface area (Å²) in [6, 6.07) is 14.2. The van der Waals surface area contributed by atoms with Crippen LogP contribution in [0.2, 0.25) is 0 Å². The number of rotatable bonds is 5. The number of aryl methyl sites for hydroxylation is 1. The molecule has 0 fully saturated rings. The Labute approximate surface area is 127 Å². The van der Waals surface area contributed by atoms with Crippen molar-refractivity contribution in [1.82, 2.24) is 4.98 Å². The van der Waals surface area contributed by atoms with Crippen LogP contribution in [-0.4, -0.2) is 23.3 Å². The van der Waals surface area contributed by atoms with Crippen molar-refractivity contribution < 1.29 is 9.84 Å². The molecular formula is C17H17NO2S. The van der Waals surface area contributed by atoms with Gasteiger partial charge in [0.25, 0.3) is 0 Å². The highest BCUT2D eigenvalue weighted by Crippen LogP contribution is 2.35. The van der Waals surface area contributed by atoms with Crippen LogP contribution in [0, 0.1) is 6.92 Å². The van der Waals surface area contributed by atoms with E-state index < -0.39 is 0 Å². The van der Waals surface area contributed by atoms with Crippen LogP contribution in [0.1, 0.15) is 12.0 Å². The Morgan fingerprint density at radius 2 is 2.00 bits per heavy atom. The van der Waals surface area contributed by atoms with Gasteiger partial charge in [-0.05, 0) is 24.6 Å². The first-order chi connectivity index (χ1) is 10.3. The SMILES string of the molecule is Cc1ccccc1-c1nc2c(OCCCO)cccc2s1. The fraction of sp³-hybridized carbons (Fsp3) is 0.235. The fourth-order valence-electron chi connectivity index (χ4n) is 2.21. The molecule has 0 unspecified atom stereocenters. The van der Waals surface area contributed by atoms with E-state index in [1.165, 1.54) is 11.1 Å². The van der Waals surface area contributed by atoms with E-state index in [4.69, 9.17) is 14.8 Å². The smallest absolute Gasteiger partial charge is 0.146 e. The van der Waals surface area contributed by atoms with Gasteiger partial charge in [-0.15, -0.1) is 11.3 Å². The average molecular weight is 299 g/mol. The van der Waals surface area contributed by atoms with Crippen LogP contribution in [0.5, 0.6) is 5.75 Å². The largest absolute Gasteiger partial charge is 0.491 e. The molecule has 3 aromatic rings. The molecule has 21 heavy (non-hydrogen) atoms. The van der Waals surface area contributed by atoms with E-state index in [9.17, 15) is 0 Å². The highest BCUT2D eigenvalue weighted by atomic mass is 32.1. The van der Waals surface area contributed by atoms with Crippen LogP contribution in [0.4, 0.5) is 0 Å². The van der Waals surface area contributed by atoms with Gasteiger partial charge in [0.1, 0.15) is 16.3 Å². The summed E-state index contributed by atoms with van der Waals surface area (Å²) in [5.41, 5.74) is 3.29. The van der Waals surface area contributed by atoms with Gasteiger partial charge in [-0.2, -0.15) is 0 Å². The second-order valence-electron chi connectivity index (χ2n) is 4.86. The highest BCUT2D eigenvalue weighted by Gasteiger charge is 2.11. The Morgan fingerprint density at radius 3 is 2.81 bits per heavy atom. The Balaban J connectivity index is 2.00. The lowest BCUT2D eigenvalue weighted by Crippen LogP contribution is -1.99. The summed E-state index contributed by atoms with van der Waals surface area (Å²) >= 11 is 1.68. The minimum Gasteiger partial charge on any atom is -0.491 e. The Bertz CT molecular complexity index is 751. The van der Waals surface area contributed by atoms with E-state index in [1.54, 1.807) is 11.3 Å². The molecule has 0 radical (unpaired) electrons. The number of aliphatic hydroxyl groups is 1. The zero-order chi connectivity index (χ0) is 14.7. The summed E-state index contributed by atoms with van der Waals surface area (Å²) in [6.45, 7) is 2.74. The summed E-state index contributed by atoms with van der Waals surface area (Å²) < 4.78 is 6.84. The number of thiazole rings is 1. The molecule has 0 aliphatic carbocycles. The third-order valence-corrected chi connectivity index (χ3v) is 4.37. The van der Waals surface area contributed by atoms with Crippen LogP contribution >= 0.6 is 11.3 Å². The van der Waals surface area contributed by atoms with E-state index in [2.05, 4.69) is 25.1 Å². The molecule has 3 nitrogen and oxygen atoms in total. The molecule has 2 aromatic carbocycles. The molecule has 3 rings (SSSR count). The quantitative estimate of drug-likeness (QED) is 0.723. The van der Waals surface area contributed by atoms with Crippen molar-refractivity contribution in [3.63, 3.8) is 0 Å². The van der Waals surface area contributed by atoms with E-state index in [1.807, 2.05) is 24.3 Å². The second kappa shape index (κ2) is 6.24. The van der Waals surface area contributed by atoms with Gasteiger partial charge in [0.2, 0.25) is 0 Å². The molecule has 1 heterocycles. The normalized spacial score (nSPS) is 11.0. The van der Waals surface area contributed by atoms with Crippen molar-refractivity contribution >= 4 is 21.6 Å². The van der Waals surface area contributed by atoms with Crippen molar-refractivity contribution in [2.45, 2.75) is 13.3 Å². The van der Waals surface area contributed by atoms with Crippen molar-refractivity contribution in [2.24, 2.45) is 0 Å². The van der Waals surface area contributed by atoms with Gasteiger partial charge in [-0.1, -0.05) is 30.3 Å². The zero-order valence-corrected chi connectivity index (χ0v) is 12.7. The topological polar surface area (TPSA) is 42.4 Å². The van der Waals surface area contributed by atoms with Crippen molar-refractivity contribution in [3.8, 4) is 16.3 Å². The molecule has 0 amide bonds. The van der Waals surface area contributed by atoms with Gasteiger partial charge >= 0.3 is 0 Å². The summed E-state index contributed by atoms with van der Waals surface area (Å²) in [5.74, 6) is 0.789. The molecule has 0 bridgehead atoms. The Hall–Kier alpha value is -1.91. The van der Waals surface area contributed by atoms with Gasteiger partial charge < -0.3 is 9.84 Å². The lowest BCUT2D eigenvalue weighted by molar-refractivity contribution is 0.234. The van der Waals surface area contributed by atoms with Gasteiger partial charge in [-0.25, -0.2) is 4.98 Å². The van der Waals surface area contributed by atoms with Crippen molar-refractivity contribution in [2.75, 3.05) is 13.2 Å². The standard InChI is InChI=1S/C17H17NO2S/c1-12-6-2-3-7-13(12)17-18-16-14(20-11-5-10-19)8-4-9-15(16)21-17/h2-4,6-9,19H,5,10-11H2,1H3. The zero-order valence-electron chi connectivity index (χ0n) is 11.9. The van der Waals surface area contributed by atoms with Crippen LogP contribution in [0.3, 0.4) is 0 Å². The third kappa shape index (κ3) is 2.91.